The maximum absolute atomic E-state index is 12.4. The second kappa shape index (κ2) is 4.42. The summed E-state index contributed by atoms with van der Waals surface area (Å²) in [5, 5.41) is 8.40. The molecule has 0 aliphatic rings. The Morgan fingerprint density at radius 3 is 2.56 bits per heavy atom. The van der Waals surface area contributed by atoms with Crippen LogP contribution in [0.2, 0.25) is 0 Å². The molecule has 16 heavy (non-hydrogen) atoms. The van der Waals surface area contributed by atoms with Crippen LogP contribution in [0.4, 0.5) is 17.6 Å². The highest BCUT2D eigenvalue weighted by atomic mass is 19.3. The van der Waals surface area contributed by atoms with E-state index in [1.165, 1.54) is 0 Å². The van der Waals surface area contributed by atoms with Gasteiger partial charge in [0, 0.05) is 6.07 Å². The van der Waals surface area contributed by atoms with Gasteiger partial charge in [-0.3, -0.25) is 0 Å². The van der Waals surface area contributed by atoms with E-state index in [1.807, 2.05) is 0 Å². The number of ether oxygens (including phenoxy) is 1. The summed E-state index contributed by atoms with van der Waals surface area (Å²) in [4.78, 5) is 10.3. The van der Waals surface area contributed by atoms with Gasteiger partial charge in [0.2, 0.25) is 5.76 Å². The molecule has 0 amide bonds. The maximum Gasteiger partial charge on any atom is 0.371 e. The van der Waals surface area contributed by atoms with Crippen LogP contribution in [-0.2, 0) is 0 Å². The summed E-state index contributed by atoms with van der Waals surface area (Å²) in [6.45, 7) is -1.59. The molecule has 1 rings (SSSR count). The van der Waals surface area contributed by atoms with E-state index in [-0.39, 0.29) is 0 Å². The predicted octanol–water partition coefficient (Wildman–Crippen LogP) is 2.26. The molecule has 1 aromatic heterocycles. The van der Waals surface area contributed by atoms with Gasteiger partial charge in [-0.2, -0.15) is 8.78 Å². The van der Waals surface area contributed by atoms with Gasteiger partial charge in [-0.1, -0.05) is 0 Å². The van der Waals surface area contributed by atoms with Crippen molar-refractivity contribution < 1.29 is 36.6 Å². The Morgan fingerprint density at radius 2 is 2.12 bits per heavy atom. The number of halogens is 4. The Hall–Kier alpha value is -1.73. The number of aromatic carboxylic acids is 1. The number of alkyl halides is 4. The molecule has 0 aromatic carbocycles. The Bertz CT molecular complexity index is 374. The third kappa shape index (κ3) is 2.88. The quantitative estimate of drug-likeness (QED) is 0.804. The van der Waals surface area contributed by atoms with Gasteiger partial charge >= 0.3 is 18.3 Å². The summed E-state index contributed by atoms with van der Waals surface area (Å²) in [5.74, 6) is -6.82. The largest absolute Gasteiger partial charge is 0.475 e. The number of rotatable bonds is 5. The van der Waals surface area contributed by atoms with Crippen molar-refractivity contribution in [3.05, 3.63) is 17.9 Å². The first-order chi connectivity index (χ1) is 7.33. The Morgan fingerprint density at radius 1 is 1.50 bits per heavy atom. The van der Waals surface area contributed by atoms with Gasteiger partial charge in [0.15, 0.2) is 6.61 Å². The monoisotopic (exact) mass is 242 g/mol. The molecule has 0 atom stereocenters. The minimum atomic E-state index is -4.31. The maximum atomic E-state index is 12.4. The Balaban J connectivity index is 2.58. The fraction of sp³-hybridized carbons (Fsp3) is 0.375. The van der Waals surface area contributed by atoms with Crippen LogP contribution in [0.15, 0.2) is 16.5 Å². The number of furan rings is 1. The average Bonchev–Trinajstić information content (AvgIpc) is 2.63. The molecule has 0 aliphatic heterocycles. The Labute approximate surface area is 86.4 Å². The van der Waals surface area contributed by atoms with Crippen molar-refractivity contribution in [1.29, 1.82) is 0 Å². The van der Waals surface area contributed by atoms with Crippen LogP contribution in [0.5, 0.6) is 5.95 Å². The topological polar surface area (TPSA) is 59.7 Å². The molecule has 0 fully saturated rings. The van der Waals surface area contributed by atoms with E-state index in [9.17, 15) is 22.4 Å². The van der Waals surface area contributed by atoms with E-state index >= 15 is 0 Å². The zero-order valence-electron chi connectivity index (χ0n) is 7.62. The lowest BCUT2D eigenvalue weighted by Crippen LogP contribution is -2.33. The smallest absolute Gasteiger partial charge is 0.371 e. The van der Waals surface area contributed by atoms with Crippen molar-refractivity contribution in [2.24, 2.45) is 0 Å². The highest BCUT2D eigenvalue weighted by Gasteiger charge is 2.42. The molecule has 0 bridgehead atoms. The molecule has 0 saturated carbocycles. The van der Waals surface area contributed by atoms with Gasteiger partial charge in [0.1, 0.15) is 0 Å². The van der Waals surface area contributed by atoms with Crippen molar-refractivity contribution in [3.8, 4) is 5.95 Å². The first kappa shape index (κ1) is 12.3. The predicted molar refractivity (Wildman–Crippen MR) is 42.1 cm³/mol. The van der Waals surface area contributed by atoms with Gasteiger partial charge in [-0.05, 0) is 6.07 Å². The summed E-state index contributed by atoms with van der Waals surface area (Å²) in [6, 6.07) is 1.91. The lowest BCUT2D eigenvalue weighted by atomic mass is 10.4. The molecular formula is C8H6F4O4. The molecule has 0 unspecified atom stereocenters. The van der Waals surface area contributed by atoms with Crippen molar-refractivity contribution in [3.63, 3.8) is 0 Å². The first-order valence-corrected chi connectivity index (χ1v) is 3.95. The van der Waals surface area contributed by atoms with Gasteiger partial charge in [0.05, 0.1) is 0 Å². The standard InChI is InChI=1S/C8H6F4O4/c9-7(10)8(11,12)3-15-5-2-1-4(16-5)6(13)14/h1-2,7H,3H2,(H,13,14). The highest BCUT2D eigenvalue weighted by Crippen LogP contribution is 2.25. The summed E-state index contributed by atoms with van der Waals surface area (Å²) < 4.78 is 56.7. The van der Waals surface area contributed by atoms with E-state index in [1.54, 1.807) is 0 Å². The number of carbonyl (C=O) groups is 1. The second-order valence-electron chi connectivity index (χ2n) is 2.77. The average molecular weight is 242 g/mol. The fourth-order valence-corrected chi connectivity index (χ4v) is 0.743. The van der Waals surface area contributed by atoms with E-state index in [0.717, 1.165) is 12.1 Å². The van der Waals surface area contributed by atoms with Crippen molar-refractivity contribution in [2.75, 3.05) is 6.61 Å². The number of hydrogen-bond acceptors (Lipinski definition) is 3. The molecule has 0 saturated heterocycles. The van der Waals surface area contributed by atoms with Crippen molar-refractivity contribution in [1.82, 2.24) is 0 Å². The van der Waals surface area contributed by atoms with Gasteiger partial charge in [0.25, 0.3) is 5.95 Å². The molecule has 8 heteroatoms. The zero-order valence-corrected chi connectivity index (χ0v) is 7.62. The molecule has 0 aliphatic carbocycles. The molecular weight excluding hydrogens is 236 g/mol. The van der Waals surface area contributed by atoms with Crippen LogP contribution < -0.4 is 4.74 Å². The number of carboxylic acids is 1. The summed E-state index contributed by atoms with van der Waals surface area (Å²) >= 11 is 0. The minimum absolute atomic E-state index is 0.532. The zero-order chi connectivity index (χ0) is 12.3. The fourth-order valence-electron chi connectivity index (χ4n) is 0.743. The van der Waals surface area contributed by atoms with E-state index < -0.39 is 36.6 Å². The van der Waals surface area contributed by atoms with Gasteiger partial charge in [-0.15, -0.1) is 0 Å². The molecule has 1 N–H and O–H groups in total. The van der Waals surface area contributed by atoms with Crippen LogP contribution in [0, 0.1) is 0 Å². The molecule has 4 nitrogen and oxygen atoms in total. The van der Waals surface area contributed by atoms with Gasteiger partial charge < -0.3 is 14.3 Å². The molecule has 1 heterocycles. The molecule has 0 spiro atoms. The summed E-state index contributed by atoms with van der Waals surface area (Å²) in [7, 11) is 0. The number of carboxylic acid groups (broad SMARTS) is 1. The van der Waals surface area contributed by atoms with E-state index in [0.29, 0.717) is 0 Å². The van der Waals surface area contributed by atoms with Crippen molar-refractivity contribution in [2.45, 2.75) is 12.3 Å². The molecule has 0 radical (unpaired) electrons. The van der Waals surface area contributed by atoms with Crippen LogP contribution >= 0.6 is 0 Å². The normalized spacial score (nSPS) is 11.8. The van der Waals surface area contributed by atoms with Crippen LogP contribution in [0.1, 0.15) is 10.6 Å². The number of hydrogen-bond donors (Lipinski definition) is 1. The van der Waals surface area contributed by atoms with Crippen LogP contribution in [0.25, 0.3) is 0 Å². The minimum Gasteiger partial charge on any atom is -0.475 e. The van der Waals surface area contributed by atoms with Crippen LogP contribution in [0.3, 0.4) is 0 Å². The lowest BCUT2D eigenvalue weighted by molar-refractivity contribution is -0.150. The third-order valence-corrected chi connectivity index (χ3v) is 1.52. The second-order valence-corrected chi connectivity index (χ2v) is 2.77. The SMILES string of the molecule is O=C(O)c1ccc(OCC(F)(F)C(F)F)o1. The van der Waals surface area contributed by atoms with E-state index in [4.69, 9.17) is 5.11 Å². The highest BCUT2D eigenvalue weighted by molar-refractivity contribution is 5.84. The van der Waals surface area contributed by atoms with Crippen LogP contribution in [-0.4, -0.2) is 30.0 Å². The molecule has 90 valence electrons. The summed E-state index contributed by atoms with van der Waals surface area (Å²) in [5.41, 5.74) is 0. The lowest BCUT2D eigenvalue weighted by Gasteiger charge is -2.14. The first-order valence-electron chi connectivity index (χ1n) is 3.95. The molecule has 1 aromatic rings. The van der Waals surface area contributed by atoms with Gasteiger partial charge in [-0.25, -0.2) is 13.6 Å². The Kier molecular flexibility index (Phi) is 3.41. The third-order valence-electron chi connectivity index (χ3n) is 1.52. The van der Waals surface area contributed by atoms with Crippen molar-refractivity contribution >= 4 is 5.97 Å². The van der Waals surface area contributed by atoms with E-state index in [2.05, 4.69) is 9.15 Å². The summed E-state index contributed by atoms with van der Waals surface area (Å²) in [6.07, 6.45) is -3.86.